The Morgan fingerprint density at radius 3 is 1.86 bits per heavy atom. The van der Waals surface area contributed by atoms with Gasteiger partial charge in [0.05, 0.1) is 28.3 Å². The normalized spacial score (nSPS) is 12.6. The minimum atomic E-state index is -0.664. The molecule has 0 aliphatic carbocycles. The molecule has 0 saturated carbocycles. The van der Waals surface area contributed by atoms with Crippen LogP contribution in [0, 0.1) is 0 Å². The number of rotatable bonds is 12. The van der Waals surface area contributed by atoms with Gasteiger partial charge in [-0.3, -0.25) is 9.36 Å². The summed E-state index contributed by atoms with van der Waals surface area (Å²) in [5.74, 6) is 0. The van der Waals surface area contributed by atoms with Gasteiger partial charge in [-0.2, -0.15) is 0 Å². The molecule has 22 heavy (non-hydrogen) atoms. The van der Waals surface area contributed by atoms with E-state index in [2.05, 4.69) is 20.6 Å². The van der Waals surface area contributed by atoms with Crippen LogP contribution in [0.5, 0.6) is 0 Å². The van der Waals surface area contributed by atoms with E-state index < -0.39 is 6.10 Å². The lowest BCUT2D eigenvalue weighted by atomic mass is 10.4. The van der Waals surface area contributed by atoms with Gasteiger partial charge in [0.2, 0.25) is 0 Å². The van der Waals surface area contributed by atoms with Crippen LogP contribution in [-0.2, 0) is 22.6 Å². The third-order valence-corrected chi connectivity index (χ3v) is 2.82. The van der Waals surface area contributed by atoms with E-state index in [0.29, 0.717) is 26.3 Å². The van der Waals surface area contributed by atoms with Crippen LogP contribution in [0.4, 0.5) is 0 Å². The number of aliphatic hydroxyl groups is 1. The molecule has 2 heterocycles. The average molecular weight is 312 g/mol. The quantitative estimate of drug-likeness (QED) is 0.539. The molecular weight excluding hydrogens is 288 g/mol. The van der Waals surface area contributed by atoms with E-state index in [9.17, 15) is 5.11 Å². The summed E-state index contributed by atoms with van der Waals surface area (Å²) < 4.78 is 28.4. The first kappa shape index (κ1) is 13.8. The van der Waals surface area contributed by atoms with Gasteiger partial charge in [-0.25, -0.2) is 0 Å². The summed E-state index contributed by atoms with van der Waals surface area (Å²) in [6, 6.07) is 0. The monoisotopic (exact) mass is 312 g/mol. The highest BCUT2D eigenvalue weighted by Gasteiger charge is 2.04. The molecule has 9 nitrogen and oxygen atoms in total. The lowest BCUT2D eigenvalue weighted by Gasteiger charge is -2.12. The first-order valence-corrected chi connectivity index (χ1v) is 7.20. The molecule has 0 radical (unpaired) electrons. The van der Waals surface area contributed by atoms with Crippen molar-refractivity contribution in [3.8, 4) is 0 Å². The molecule has 0 amide bonds. The number of ether oxygens (including phenoxy) is 2. The van der Waals surface area contributed by atoms with Gasteiger partial charge in [0.25, 0.3) is 0 Å². The van der Waals surface area contributed by atoms with Crippen molar-refractivity contribution in [2.24, 2.45) is 0 Å². The van der Waals surface area contributed by atoms with E-state index in [1.54, 1.807) is 21.8 Å². The molecule has 2 aromatic heterocycles. The summed E-state index contributed by atoms with van der Waals surface area (Å²) in [7, 11) is 0. The van der Waals surface area contributed by atoms with Gasteiger partial charge in [0, 0.05) is 38.7 Å². The summed E-state index contributed by atoms with van der Waals surface area (Å²) in [6.07, 6.45) is 4.18. The van der Waals surface area contributed by atoms with Gasteiger partial charge in [-0.1, -0.05) is 10.4 Å². The molecule has 0 aliphatic heterocycles. The zero-order valence-corrected chi connectivity index (χ0v) is 12.3. The number of aromatic nitrogens is 6. The van der Waals surface area contributed by atoms with Crippen LogP contribution in [0.2, 0.25) is 0 Å². The van der Waals surface area contributed by atoms with Gasteiger partial charge in [-0.15, -0.1) is 10.2 Å². The van der Waals surface area contributed by atoms with Crippen LogP contribution >= 0.6 is 0 Å². The summed E-state index contributed by atoms with van der Waals surface area (Å²) in [5.41, 5.74) is 0. The molecule has 0 aliphatic rings. The first-order chi connectivity index (χ1) is 11.6. The largest absolute Gasteiger partial charge is 0.388 e. The van der Waals surface area contributed by atoms with Crippen LogP contribution in [0.15, 0.2) is 24.7 Å². The molecule has 1 N–H and O–H groups in total. The molecule has 0 unspecified atom stereocenters. The van der Waals surface area contributed by atoms with Crippen molar-refractivity contribution in [1.29, 1.82) is 0 Å². The van der Waals surface area contributed by atoms with Crippen molar-refractivity contribution in [2.45, 2.75) is 32.0 Å². The smallest absolute Gasteiger partial charge is 0.101 e. The Balaban J connectivity index is 1.41. The Morgan fingerprint density at radius 1 is 0.955 bits per heavy atom. The third kappa shape index (κ3) is 6.74. The fourth-order valence-electron chi connectivity index (χ4n) is 1.77. The maximum atomic E-state index is 9.73. The van der Waals surface area contributed by atoms with Crippen LogP contribution in [0.1, 0.15) is 15.6 Å². The van der Waals surface area contributed by atoms with Crippen molar-refractivity contribution < 1.29 is 17.3 Å². The molecule has 0 aromatic carbocycles. The van der Waals surface area contributed by atoms with Gasteiger partial charge < -0.3 is 14.6 Å². The third-order valence-electron chi connectivity index (χ3n) is 2.82. The van der Waals surface area contributed by atoms with E-state index in [0.717, 1.165) is 12.8 Å². The highest BCUT2D eigenvalue weighted by atomic mass is 16.5. The number of aryl methyl sites for hydroxylation is 2. The maximum absolute atomic E-state index is 9.73. The first-order valence-electron chi connectivity index (χ1n) is 8.20. The molecule has 0 atom stereocenters. The van der Waals surface area contributed by atoms with E-state index in [1.807, 2.05) is 0 Å². The number of aliphatic hydroxyl groups excluding tert-OH is 1. The fourth-order valence-corrected chi connectivity index (χ4v) is 1.77. The van der Waals surface area contributed by atoms with Gasteiger partial charge >= 0.3 is 0 Å². The second-order valence-corrected chi connectivity index (χ2v) is 4.73. The summed E-state index contributed by atoms with van der Waals surface area (Å²) >= 11 is 0. The molecular formula is C13H22N6O3. The van der Waals surface area contributed by atoms with E-state index in [1.165, 1.54) is 0 Å². The number of hydrogen-bond donors (Lipinski definition) is 1. The Bertz CT molecular complexity index is 544. The van der Waals surface area contributed by atoms with E-state index in [4.69, 9.17) is 12.2 Å². The van der Waals surface area contributed by atoms with Crippen molar-refractivity contribution in [3.63, 3.8) is 0 Å². The van der Waals surface area contributed by atoms with Crippen LogP contribution in [0.25, 0.3) is 0 Å². The zero-order valence-electron chi connectivity index (χ0n) is 14.3. The van der Waals surface area contributed by atoms with Crippen molar-refractivity contribution >= 4 is 0 Å². The molecule has 0 saturated heterocycles. The number of hydrogen-bond acceptors (Lipinski definition) is 7. The van der Waals surface area contributed by atoms with Crippen molar-refractivity contribution in [2.75, 3.05) is 26.4 Å². The average Bonchev–Trinajstić information content (AvgIpc) is 3.15. The zero-order chi connectivity index (χ0) is 17.2. The fraction of sp³-hybridized carbons (Fsp3) is 0.692. The Kier molecular flexibility index (Phi) is 6.26. The van der Waals surface area contributed by atoms with Gasteiger partial charge in [0.1, 0.15) is 6.10 Å². The topological polar surface area (TPSA) is 100 Å². The lowest BCUT2D eigenvalue weighted by molar-refractivity contribution is -0.0206. The van der Waals surface area contributed by atoms with Crippen LogP contribution < -0.4 is 0 Å². The van der Waals surface area contributed by atoms with E-state index in [-0.39, 0.29) is 25.6 Å². The standard InChI is InChI=1S/C13H22N6O3/c20-13(11-21-9-1-5-18-7-3-14-16-18)12-22-10-2-6-19-8-4-15-17-19/h3-4,7-8,13,20H,1-2,5-6,9-12H2/i3D,4D. The maximum Gasteiger partial charge on any atom is 0.101 e. The molecule has 0 fully saturated rings. The Hall–Kier alpha value is -1.84. The predicted octanol–water partition coefficient (Wildman–Crippen LogP) is -0.256. The minimum Gasteiger partial charge on any atom is -0.388 e. The Morgan fingerprint density at radius 2 is 1.45 bits per heavy atom. The molecule has 0 spiro atoms. The molecule has 0 bridgehead atoms. The second-order valence-electron chi connectivity index (χ2n) is 4.73. The SMILES string of the molecule is [2H]c1cn(CCCOCC(O)COCCCn2cc([2H])nn2)nn1. The van der Waals surface area contributed by atoms with Crippen molar-refractivity contribution in [1.82, 2.24) is 30.0 Å². The van der Waals surface area contributed by atoms with Crippen molar-refractivity contribution in [3.05, 3.63) is 24.7 Å². The highest BCUT2D eigenvalue weighted by Crippen LogP contribution is 1.94. The molecule has 9 heteroatoms. The summed E-state index contributed by atoms with van der Waals surface area (Å²) in [4.78, 5) is 0. The minimum absolute atomic E-state index is 0.146. The van der Waals surface area contributed by atoms with Crippen LogP contribution in [-0.4, -0.2) is 67.6 Å². The highest BCUT2D eigenvalue weighted by molar-refractivity contribution is 4.64. The van der Waals surface area contributed by atoms with Gasteiger partial charge in [-0.05, 0) is 12.8 Å². The molecule has 2 rings (SSSR count). The van der Waals surface area contributed by atoms with E-state index >= 15 is 0 Å². The lowest BCUT2D eigenvalue weighted by Crippen LogP contribution is -2.22. The predicted molar refractivity (Wildman–Crippen MR) is 76.9 cm³/mol. The number of nitrogens with zero attached hydrogens (tertiary/aromatic N) is 6. The Labute approximate surface area is 131 Å². The summed E-state index contributed by atoms with van der Waals surface area (Å²) in [6.45, 7) is 2.66. The second kappa shape index (κ2) is 9.98. The van der Waals surface area contributed by atoms with Gasteiger partial charge in [0.15, 0.2) is 0 Å². The molecule has 2 aromatic rings. The summed E-state index contributed by atoms with van der Waals surface area (Å²) in [5, 5.41) is 24.4. The van der Waals surface area contributed by atoms with Crippen LogP contribution in [0.3, 0.4) is 0 Å². The molecule has 122 valence electrons.